The average molecular weight is 291 g/mol. The molecule has 1 rings (SSSR count). The van der Waals surface area contributed by atoms with Crippen molar-refractivity contribution in [3.63, 3.8) is 0 Å². The Labute approximate surface area is 114 Å². The van der Waals surface area contributed by atoms with Gasteiger partial charge in [0.25, 0.3) is 0 Å². The molecule has 2 N–H and O–H groups in total. The topological polar surface area (TPSA) is 63.4 Å². The zero-order valence-electron chi connectivity index (χ0n) is 10.9. The summed E-state index contributed by atoms with van der Waals surface area (Å²) in [5.74, 6) is 0.106. The van der Waals surface area contributed by atoms with E-state index in [0.29, 0.717) is 11.6 Å². The lowest BCUT2D eigenvalue weighted by Gasteiger charge is -2.21. The van der Waals surface area contributed by atoms with E-state index in [1.165, 1.54) is 6.26 Å². The molecule has 4 nitrogen and oxygen atoms in total. The van der Waals surface area contributed by atoms with Gasteiger partial charge in [-0.05, 0) is 24.6 Å². The quantitative estimate of drug-likeness (QED) is 0.899. The number of nitrogens with two attached hydrogens (primary N) is 1. The first-order chi connectivity index (χ1) is 8.20. The third-order valence-electron chi connectivity index (χ3n) is 2.71. The highest BCUT2D eigenvalue weighted by Crippen LogP contribution is 2.27. The van der Waals surface area contributed by atoms with Crippen molar-refractivity contribution in [2.75, 3.05) is 30.5 Å². The summed E-state index contributed by atoms with van der Waals surface area (Å²) >= 11 is 6.17. The van der Waals surface area contributed by atoms with E-state index in [2.05, 4.69) is 0 Å². The summed E-state index contributed by atoms with van der Waals surface area (Å²) in [6.07, 6.45) is 1.22. The Balaban J connectivity index is 2.84. The van der Waals surface area contributed by atoms with Crippen LogP contribution in [0.3, 0.4) is 0 Å². The molecule has 102 valence electrons. The molecule has 0 heterocycles. The fourth-order valence-corrected chi connectivity index (χ4v) is 2.48. The molecule has 0 aliphatic rings. The first kappa shape index (κ1) is 15.3. The molecule has 0 amide bonds. The second kappa shape index (κ2) is 5.91. The molecular formula is C12H19ClN2O2S. The third-order valence-corrected chi connectivity index (χ3v) is 3.93. The van der Waals surface area contributed by atoms with E-state index in [1.807, 2.05) is 37.1 Å². The van der Waals surface area contributed by atoms with Gasteiger partial charge in [0.05, 0.1) is 16.5 Å². The highest BCUT2D eigenvalue weighted by atomic mass is 35.5. The summed E-state index contributed by atoms with van der Waals surface area (Å²) in [5.41, 5.74) is 7.54. The van der Waals surface area contributed by atoms with Crippen LogP contribution in [0, 0.1) is 0 Å². The van der Waals surface area contributed by atoms with Gasteiger partial charge in [0, 0.05) is 25.9 Å². The van der Waals surface area contributed by atoms with Gasteiger partial charge in [-0.15, -0.1) is 0 Å². The Morgan fingerprint density at radius 3 is 2.50 bits per heavy atom. The number of nitrogens with zero attached hydrogens (tertiary/aromatic N) is 1. The molecule has 1 unspecified atom stereocenters. The van der Waals surface area contributed by atoms with Crippen molar-refractivity contribution in [1.29, 1.82) is 0 Å². The van der Waals surface area contributed by atoms with Crippen LogP contribution >= 0.6 is 11.6 Å². The van der Waals surface area contributed by atoms with Gasteiger partial charge in [0.15, 0.2) is 0 Å². The zero-order chi connectivity index (χ0) is 13.9. The third kappa shape index (κ3) is 4.48. The van der Waals surface area contributed by atoms with Gasteiger partial charge in [0.1, 0.15) is 9.84 Å². The Bertz CT molecular complexity index is 515. The van der Waals surface area contributed by atoms with Crippen LogP contribution in [-0.4, -0.2) is 34.0 Å². The largest absolute Gasteiger partial charge is 0.372 e. The van der Waals surface area contributed by atoms with Crippen molar-refractivity contribution >= 4 is 27.1 Å². The number of sulfone groups is 1. The van der Waals surface area contributed by atoms with Crippen molar-refractivity contribution in [2.24, 2.45) is 5.73 Å². The summed E-state index contributed by atoms with van der Waals surface area (Å²) in [6, 6.07) is 5.52. The zero-order valence-corrected chi connectivity index (χ0v) is 12.4. The maximum absolute atomic E-state index is 11.1. The summed E-state index contributed by atoms with van der Waals surface area (Å²) < 4.78 is 22.2. The van der Waals surface area contributed by atoms with Crippen LogP contribution in [0.2, 0.25) is 5.02 Å². The van der Waals surface area contributed by atoms with Crippen molar-refractivity contribution in [1.82, 2.24) is 0 Å². The minimum absolute atomic E-state index is 0.0714. The normalized spacial score (nSPS) is 13.4. The van der Waals surface area contributed by atoms with E-state index in [-0.39, 0.29) is 11.8 Å². The van der Waals surface area contributed by atoms with Crippen LogP contribution in [0.25, 0.3) is 0 Å². The van der Waals surface area contributed by atoms with E-state index in [1.54, 1.807) is 0 Å². The predicted molar refractivity (Wildman–Crippen MR) is 77.0 cm³/mol. The number of halogens is 1. The smallest absolute Gasteiger partial charge is 0.149 e. The van der Waals surface area contributed by atoms with Gasteiger partial charge in [-0.25, -0.2) is 8.42 Å². The predicted octanol–water partition coefficient (Wildman–Crippen LogP) is 1.84. The number of hydrogen-bond acceptors (Lipinski definition) is 4. The lowest BCUT2D eigenvalue weighted by Crippen LogP contribution is -2.25. The molecule has 18 heavy (non-hydrogen) atoms. The molecule has 0 saturated heterocycles. The average Bonchev–Trinajstić information content (AvgIpc) is 2.24. The molecule has 0 bridgehead atoms. The molecule has 0 aromatic heterocycles. The molecule has 1 aromatic rings. The SMILES string of the molecule is CC(N)c1ccc(N(C)CCS(C)(=O)=O)c(Cl)c1. The lowest BCUT2D eigenvalue weighted by atomic mass is 10.1. The van der Waals surface area contributed by atoms with Gasteiger partial charge in [-0.1, -0.05) is 17.7 Å². The van der Waals surface area contributed by atoms with Gasteiger partial charge in [0.2, 0.25) is 0 Å². The van der Waals surface area contributed by atoms with Crippen molar-refractivity contribution in [3.05, 3.63) is 28.8 Å². The highest BCUT2D eigenvalue weighted by Gasteiger charge is 2.11. The molecule has 1 atom stereocenters. The Morgan fingerprint density at radius 1 is 1.44 bits per heavy atom. The summed E-state index contributed by atoms with van der Waals surface area (Å²) in [7, 11) is -1.15. The van der Waals surface area contributed by atoms with Crippen LogP contribution in [0.1, 0.15) is 18.5 Å². The Hall–Kier alpha value is -0.780. The van der Waals surface area contributed by atoms with E-state index < -0.39 is 9.84 Å². The molecule has 0 aliphatic heterocycles. The van der Waals surface area contributed by atoms with Gasteiger partial charge >= 0.3 is 0 Å². The van der Waals surface area contributed by atoms with Crippen LogP contribution < -0.4 is 10.6 Å². The minimum atomic E-state index is -2.97. The van der Waals surface area contributed by atoms with Crippen molar-refractivity contribution < 1.29 is 8.42 Å². The van der Waals surface area contributed by atoms with E-state index in [0.717, 1.165) is 11.3 Å². The van der Waals surface area contributed by atoms with Crippen LogP contribution in [0.4, 0.5) is 5.69 Å². The van der Waals surface area contributed by atoms with E-state index in [9.17, 15) is 8.42 Å². The van der Waals surface area contributed by atoms with Crippen LogP contribution in [0.5, 0.6) is 0 Å². The second-order valence-corrected chi connectivity index (χ2v) is 7.22. The maximum Gasteiger partial charge on any atom is 0.149 e. The molecule has 0 fully saturated rings. The molecular weight excluding hydrogens is 272 g/mol. The van der Waals surface area contributed by atoms with Gasteiger partial charge in [-0.3, -0.25) is 0 Å². The number of rotatable bonds is 5. The molecule has 0 radical (unpaired) electrons. The van der Waals surface area contributed by atoms with Crippen LogP contribution in [0.15, 0.2) is 18.2 Å². The fourth-order valence-electron chi connectivity index (χ4n) is 1.54. The van der Waals surface area contributed by atoms with E-state index >= 15 is 0 Å². The molecule has 6 heteroatoms. The Kier molecular flexibility index (Phi) is 5.01. The number of anilines is 1. The minimum Gasteiger partial charge on any atom is -0.372 e. The van der Waals surface area contributed by atoms with Gasteiger partial charge in [-0.2, -0.15) is 0 Å². The van der Waals surface area contributed by atoms with Crippen molar-refractivity contribution in [2.45, 2.75) is 13.0 Å². The monoisotopic (exact) mass is 290 g/mol. The summed E-state index contributed by atoms with van der Waals surface area (Å²) in [5, 5.41) is 0.584. The van der Waals surface area contributed by atoms with Crippen LogP contribution in [-0.2, 0) is 9.84 Å². The fraction of sp³-hybridized carbons (Fsp3) is 0.500. The molecule has 0 spiro atoms. The molecule has 0 aliphatic carbocycles. The summed E-state index contributed by atoms with van der Waals surface area (Å²) in [6.45, 7) is 2.30. The first-order valence-electron chi connectivity index (χ1n) is 5.64. The Morgan fingerprint density at radius 2 is 2.06 bits per heavy atom. The summed E-state index contributed by atoms with van der Waals surface area (Å²) in [4.78, 5) is 1.83. The second-order valence-electron chi connectivity index (χ2n) is 4.55. The maximum atomic E-state index is 11.1. The van der Waals surface area contributed by atoms with Gasteiger partial charge < -0.3 is 10.6 Å². The molecule has 1 aromatic carbocycles. The highest BCUT2D eigenvalue weighted by molar-refractivity contribution is 7.90. The van der Waals surface area contributed by atoms with E-state index in [4.69, 9.17) is 17.3 Å². The first-order valence-corrected chi connectivity index (χ1v) is 8.08. The molecule has 0 saturated carbocycles. The van der Waals surface area contributed by atoms with Crippen molar-refractivity contribution in [3.8, 4) is 0 Å². The number of benzene rings is 1. The standard InChI is InChI=1S/C12H19ClN2O2S/c1-9(14)10-4-5-12(11(13)8-10)15(2)6-7-18(3,16)17/h4-5,8-9H,6-7,14H2,1-3H3. The lowest BCUT2D eigenvalue weighted by molar-refractivity contribution is 0.601. The number of hydrogen-bond donors (Lipinski definition) is 1.